The number of hydrogen-bond acceptors (Lipinski definition) is 3. The van der Waals surface area contributed by atoms with Crippen LogP contribution in [0.1, 0.15) is 42.5 Å². The summed E-state index contributed by atoms with van der Waals surface area (Å²) in [5.41, 5.74) is 1.57. The lowest BCUT2D eigenvalue weighted by atomic mass is 9.91. The third-order valence-corrected chi connectivity index (χ3v) is 5.61. The van der Waals surface area contributed by atoms with Gasteiger partial charge in [0.15, 0.2) is 0 Å². The first kappa shape index (κ1) is 11.7. The van der Waals surface area contributed by atoms with Gasteiger partial charge in [-0.15, -0.1) is 11.3 Å². The summed E-state index contributed by atoms with van der Waals surface area (Å²) in [6.45, 7) is 4.30. The highest BCUT2D eigenvalue weighted by atomic mass is 32.1. The van der Waals surface area contributed by atoms with E-state index in [0.717, 1.165) is 19.5 Å². The van der Waals surface area contributed by atoms with Gasteiger partial charge >= 0.3 is 0 Å². The van der Waals surface area contributed by atoms with Gasteiger partial charge < -0.3 is 5.11 Å². The molecule has 94 valence electrons. The van der Waals surface area contributed by atoms with Crippen molar-refractivity contribution >= 4 is 11.3 Å². The topological polar surface area (TPSA) is 23.5 Å². The Morgan fingerprint density at radius 1 is 1.47 bits per heavy atom. The molecule has 0 radical (unpaired) electrons. The van der Waals surface area contributed by atoms with E-state index in [9.17, 15) is 5.11 Å². The standard InChI is InChI=1S/C14H21NOS/c1-11-12(5-9-17-11)10-15-8-4-13(16)14(15)6-2-3-7-14/h5,9,13,16H,2-4,6-8,10H2,1H3. The summed E-state index contributed by atoms with van der Waals surface area (Å²) in [5, 5.41) is 12.5. The van der Waals surface area contributed by atoms with Gasteiger partial charge in [0.05, 0.1) is 6.10 Å². The van der Waals surface area contributed by atoms with Crippen molar-refractivity contribution in [2.24, 2.45) is 0 Å². The number of rotatable bonds is 2. The lowest BCUT2D eigenvalue weighted by molar-refractivity contribution is 0.0277. The number of aryl methyl sites for hydroxylation is 1. The smallest absolute Gasteiger partial charge is 0.0736 e. The van der Waals surface area contributed by atoms with Gasteiger partial charge in [-0.1, -0.05) is 12.8 Å². The monoisotopic (exact) mass is 251 g/mol. The maximum Gasteiger partial charge on any atom is 0.0736 e. The summed E-state index contributed by atoms with van der Waals surface area (Å²) in [5.74, 6) is 0. The molecular weight excluding hydrogens is 230 g/mol. The Balaban J connectivity index is 1.81. The minimum absolute atomic E-state index is 0.0936. The van der Waals surface area contributed by atoms with Crippen LogP contribution in [0.25, 0.3) is 0 Å². The fraction of sp³-hybridized carbons (Fsp3) is 0.714. The molecule has 1 atom stereocenters. The molecule has 2 fully saturated rings. The first-order valence-electron chi connectivity index (χ1n) is 6.68. The lowest BCUT2D eigenvalue weighted by Crippen LogP contribution is -2.47. The number of nitrogens with zero attached hydrogens (tertiary/aromatic N) is 1. The molecule has 1 aromatic rings. The minimum atomic E-state index is -0.0936. The molecule has 1 aromatic heterocycles. The Kier molecular flexibility index (Phi) is 3.01. The Morgan fingerprint density at radius 2 is 2.24 bits per heavy atom. The van der Waals surface area contributed by atoms with Crippen LogP contribution in [-0.4, -0.2) is 28.2 Å². The highest BCUT2D eigenvalue weighted by molar-refractivity contribution is 7.10. The average Bonchev–Trinajstić information content (AvgIpc) is 2.99. The maximum atomic E-state index is 10.3. The van der Waals surface area contributed by atoms with Crippen molar-refractivity contribution in [3.05, 3.63) is 21.9 Å². The van der Waals surface area contributed by atoms with E-state index in [2.05, 4.69) is 23.3 Å². The van der Waals surface area contributed by atoms with Crippen molar-refractivity contribution in [3.8, 4) is 0 Å². The van der Waals surface area contributed by atoms with E-state index < -0.39 is 0 Å². The van der Waals surface area contributed by atoms with Crippen LogP contribution in [0.15, 0.2) is 11.4 Å². The molecule has 1 N–H and O–H groups in total. The zero-order valence-electron chi connectivity index (χ0n) is 10.5. The van der Waals surface area contributed by atoms with Crippen LogP contribution < -0.4 is 0 Å². The van der Waals surface area contributed by atoms with Crippen molar-refractivity contribution in [3.63, 3.8) is 0 Å². The predicted octanol–water partition coefficient (Wildman–Crippen LogP) is 2.94. The van der Waals surface area contributed by atoms with Crippen molar-refractivity contribution in [1.82, 2.24) is 4.90 Å². The Hall–Kier alpha value is -0.380. The van der Waals surface area contributed by atoms with Gasteiger partial charge in [-0.25, -0.2) is 0 Å². The summed E-state index contributed by atoms with van der Waals surface area (Å²) < 4.78 is 0. The molecule has 1 spiro atoms. The fourth-order valence-electron chi connectivity index (χ4n) is 3.63. The molecule has 1 saturated heterocycles. The molecule has 1 saturated carbocycles. The van der Waals surface area contributed by atoms with Gasteiger partial charge in [-0.2, -0.15) is 0 Å². The normalized spacial score (nSPS) is 28.2. The van der Waals surface area contributed by atoms with Gasteiger partial charge in [0.25, 0.3) is 0 Å². The third-order valence-electron chi connectivity index (χ3n) is 4.72. The highest BCUT2D eigenvalue weighted by Crippen LogP contribution is 2.44. The molecule has 0 aromatic carbocycles. The molecule has 1 aliphatic heterocycles. The van der Waals surface area contributed by atoms with Crippen LogP contribution in [0.5, 0.6) is 0 Å². The van der Waals surface area contributed by atoms with Crippen LogP contribution in [0.2, 0.25) is 0 Å². The molecule has 2 aliphatic rings. The van der Waals surface area contributed by atoms with E-state index in [1.807, 2.05) is 11.3 Å². The van der Waals surface area contributed by atoms with Gasteiger partial charge in [-0.3, -0.25) is 4.90 Å². The average molecular weight is 251 g/mol. The van der Waals surface area contributed by atoms with Crippen molar-refractivity contribution in [2.45, 2.75) is 57.2 Å². The minimum Gasteiger partial charge on any atom is -0.391 e. The van der Waals surface area contributed by atoms with E-state index >= 15 is 0 Å². The number of aliphatic hydroxyl groups is 1. The quantitative estimate of drug-likeness (QED) is 0.873. The molecule has 0 bridgehead atoms. The molecule has 0 amide bonds. The van der Waals surface area contributed by atoms with Gasteiger partial charge in [-0.05, 0) is 43.2 Å². The zero-order valence-corrected chi connectivity index (χ0v) is 11.3. The maximum absolute atomic E-state index is 10.3. The summed E-state index contributed by atoms with van der Waals surface area (Å²) in [7, 11) is 0. The van der Waals surface area contributed by atoms with E-state index in [-0.39, 0.29) is 11.6 Å². The van der Waals surface area contributed by atoms with Crippen molar-refractivity contribution in [2.75, 3.05) is 6.54 Å². The van der Waals surface area contributed by atoms with E-state index in [0.29, 0.717) is 0 Å². The second kappa shape index (κ2) is 4.38. The molecule has 2 heterocycles. The fourth-order valence-corrected chi connectivity index (χ4v) is 4.35. The number of thiophene rings is 1. The first-order chi connectivity index (χ1) is 8.22. The van der Waals surface area contributed by atoms with Crippen LogP contribution in [0.3, 0.4) is 0 Å². The summed E-state index contributed by atoms with van der Waals surface area (Å²) >= 11 is 1.83. The second-order valence-corrected chi connectivity index (χ2v) is 6.66. The SMILES string of the molecule is Cc1sccc1CN1CCC(O)C12CCCC2. The molecule has 2 nitrogen and oxygen atoms in total. The Morgan fingerprint density at radius 3 is 2.88 bits per heavy atom. The predicted molar refractivity (Wildman–Crippen MR) is 71.3 cm³/mol. The highest BCUT2D eigenvalue weighted by Gasteiger charge is 2.49. The lowest BCUT2D eigenvalue weighted by Gasteiger charge is -2.37. The number of likely N-dealkylation sites (tertiary alicyclic amines) is 1. The second-order valence-electron chi connectivity index (χ2n) is 5.54. The van der Waals surface area contributed by atoms with Crippen LogP contribution in [-0.2, 0) is 6.54 Å². The molecule has 1 aliphatic carbocycles. The number of aliphatic hydroxyl groups excluding tert-OH is 1. The Bertz CT molecular complexity index is 395. The van der Waals surface area contributed by atoms with Gasteiger partial charge in [0.1, 0.15) is 0 Å². The largest absolute Gasteiger partial charge is 0.391 e. The van der Waals surface area contributed by atoms with Crippen molar-refractivity contribution < 1.29 is 5.11 Å². The summed E-state index contributed by atoms with van der Waals surface area (Å²) in [6, 6.07) is 2.24. The third kappa shape index (κ3) is 1.85. The van der Waals surface area contributed by atoms with E-state index in [1.54, 1.807) is 0 Å². The Labute approximate surface area is 107 Å². The van der Waals surface area contributed by atoms with Gasteiger partial charge in [0.2, 0.25) is 0 Å². The number of hydrogen-bond donors (Lipinski definition) is 1. The van der Waals surface area contributed by atoms with Gasteiger partial charge in [0, 0.05) is 23.5 Å². The first-order valence-corrected chi connectivity index (χ1v) is 7.56. The van der Waals surface area contributed by atoms with Crippen LogP contribution in [0, 0.1) is 6.92 Å². The molecule has 17 heavy (non-hydrogen) atoms. The van der Waals surface area contributed by atoms with Crippen LogP contribution in [0.4, 0.5) is 0 Å². The van der Waals surface area contributed by atoms with Crippen molar-refractivity contribution in [1.29, 1.82) is 0 Å². The molecule has 3 rings (SSSR count). The zero-order chi connectivity index (χ0) is 11.9. The summed E-state index contributed by atoms with van der Waals surface area (Å²) in [6.07, 6.45) is 5.83. The molecule has 3 heteroatoms. The van der Waals surface area contributed by atoms with Crippen LogP contribution >= 0.6 is 11.3 Å². The molecular formula is C14H21NOS. The van der Waals surface area contributed by atoms with E-state index in [1.165, 1.54) is 36.1 Å². The summed E-state index contributed by atoms with van der Waals surface area (Å²) in [4.78, 5) is 3.99. The van der Waals surface area contributed by atoms with E-state index in [4.69, 9.17) is 0 Å². The molecule has 1 unspecified atom stereocenters.